The number of hydrogen-bond acceptors (Lipinski definition) is 5. The van der Waals surface area contributed by atoms with Gasteiger partial charge in [0.1, 0.15) is 5.60 Å². The Morgan fingerprint density at radius 3 is 2.36 bits per heavy atom. The molecule has 1 aliphatic heterocycles. The second-order valence-corrected chi connectivity index (χ2v) is 10.3. The minimum atomic E-state index is -3.61. The van der Waals surface area contributed by atoms with Crippen molar-refractivity contribution in [2.45, 2.75) is 64.0 Å². The van der Waals surface area contributed by atoms with Gasteiger partial charge in [-0.1, -0.05) is 32.0 Å². The highest BCUT2D eigenvalue weighted by Gasteiger charge is 2.56. The van der Waals surface area contributed by atoms with E-state index < -0.39 is 39.0 Å². The van der Waals surface area contributed by atoms with Gasteiger partial charge in [-0.05, 0) is 45.2 Å². The zero-order chi connectivity index (χ0) is 21.3. The molecular weight excluding hydrogens is 382 g/mol. The van der Waals surface area contributed by atoms with Crippen molar-refractivity contribution >= 4 is 21.9 Å². The maximum absolute atomic E-state index is 13.2. The minimum absolute atomic E-state index is 0.0667. The number of nitrogens with zero attached hydrogens (tertiary/aromatic N) is 1. The molecule has 156 valence electrons. The average molecular weight is 412 g/mol. The van der Waals surface area contributed by atoms with Crippen molar-refractivity contribution in [3.63, 3.8) is 0 Å². The van der Waals surface area contributed by atoms with E-state index in [1.807, 2.05) is 0 Å². The lowest BCUT2D eigenvalue weighted by Gasteiger charge is -2.37. The Bertz CT molecular complexity index is 858. The van der Waals surface area contributed by atoms with E-state index in [2.05, 4.69) is 0 Å². The van der Waals surface area contributed by atoms with Crippen LogP contribution in [0.15, 0.2) is 29.2 Å². The van der Waals surface area contributed by atoms with Gasteiger partial charge in [0.25, 0.3) is 0 Å². The molecule has 1 aromatic rings. The number of sulfone groups is 1. The SMILES string of the molecule is CCC1(C(=O)OC(C)(C)C)CCN(C(=O)O)C1c1ccccc1S(=O)(=O)CC. The molecule has 0 aromatic heterocycles. The Balaban J connectivity index is 2.71. The van der Waals surface area contributed by atoms with Crippen LogP contribution in [0.3, 0.4) is 0 Å². The van der Waals surface area contributed by atoms with Gasteiger partial charge >= 0.3 is 12.1 Å². The molecule has 0 spiro atoms. The Hall–Kier alpha value is -2.09. The number of carbonyl (C=O) groups is 2. The Morgan fingerprint density at radius 1 is 1.25 bits per heavy atom. The van der Waals surface area contributed by atoms with Gasteiger partial charge < -0.3 is 14.7 Å². The molecule has 2 rings (SSSR count). The quantitative estimate of drug-likeness (QED) is 0.742. The lowest BCUT2D eigenvalue weighted by molar-refractivity contribution is -0.169. The first-order valence-corrected chi connectivity index (χ1v) is 11.1. The summed E-state index contributed by atoms with van der Waals surface area (Å²) in [4.78, 5) is 26.4. The lowest BCUT2D eigenvalue weighted by atomic mass is 9.74. The highest BCUT2D eigenvalue weighted by molar-refractivity contribution is 7.91. The van der Waals surface area contributed by atoms with Crippen LogP contribution in [0.4, 0.5) is 4.79 Å². The number of esters is 1. The predicted molar refractivity (Wildman–Crippen MR) is 105 cm³/mol. The summed E-state index contributed by atoms with van der Waals surface area (Å²) in [5.74, 6) is -0.616. The largest absolute Gasteiger partial charge is 0.465 e. The van der Waals surface area contributed by atoms with Crippen LogP contribution in [0, 0.1) is 5.41 Å². The third kappa shape index (κ3) is 4.01. The first-order chi connectivity index (χ1) is 12.9. The molecule has 7 nitrogen and oxygen atoms in total. The second-order valence-electron chi connectivity index (χ2n) is 8.08. The lowest BCUT2D eigenvalue weighted by Crippen LogP contribution is -2.43. The fraction of sp³-hybridized carbons (Fsp3) is 0.600. The van der Waals surface area contributed by atoms with Gasteiger partial charge in [-0.15, -0.1) is 0 Å². The van der Waals surface area contributed by atoms with E-state index in [0.717, 1.165) is 4.90 Å². The van der Waals surface area contributed by atoms with Crippen molar-refractivity contribution in [1.82, 2.24) is 4.90 Å². The molecule has 0 aliphatic carbocycles. The number of benzene rings is 1. The number of rotatable bonds is 5. The van der Waals surface area contributed by atoms with Crippen molar-refractivity contribution in [2.75, 3.05) is 12.3 Å². The first kappa shape index (κ1) is 22.2. The van der Waals surface area contributed by atoms with E-state index >= 15 is 0 Å². The summed E-state index contributed by atoms with van der Waals surface area (Å²) < 4.78 is 31.0. The molecule has 0 radical (unpaired) electrons. The number of carbonyl (C=O) groups excluding carboxylic acids is 1. The van der Waals surface area contributed by atoms with Crippen LogP contribution in [0.2, 0.25) is 0 Å². The summed E-state index contributed by atoms with van der Waals surface area (Å²) >= 11 is 0. The van der Waals surface area contributed by atoms with E-state index in [1.54, 1.807) is 45.9 Å². The zero-order valence-corrected chi connectivity index (χ0v) is 17.9. The molecule has 1 aromatic carbocycles. The average Bonchev–Trinajstić information content (AvgIpc) is 3.01. The molecular formula is C20H29NO6S. The number of amides is 1. The number of hydrogen-bond donors (Lipinski definition) is 1. The molecule has 1 saturated heterocycles. The van der Waals surface area contributed by atoms with Gasteiger partial charge in [-0.25, -0.2) is 13.2 Å². The molecule has 8 heteroatoms. The van der Waals surface area contributed by atoms with E-state index in [1.165, 1.54) is 13.0 Å². The fourth-order valence-electron chi connectivity index (χ4n) is 3.81. The van der Waals surface area contributed by atoms with Crippen molar-refractivity contribution in [3.05, 3.63) is 29.8 Å². The van der Waals surface area contributed by atoms with Gasteiger partial charge in [0.15, 0.2) is 9.84 Å². The second kappa shape index (κ2) is 7.73. The van der Waals surface area contributed by atoms with Crippen LogP contribution in [0.5, 0.6) is 0 Å². The Kier molecular flexibility index (Phi) is 6.13. The zero-order valence-electron chi connectivity index (χ0n) is 17.1. The van der Waals surface area contributed by atoms with Crippen LogP contribution < -0.4 is 0 Å². The molecule has 1 aliphatic rings. The monoisotopic (exact) mass is 411 g/mol. The number of ether oxygens (including phenoxy) is 1. The molecule has 1 fully saturated rings. The molecule has 2 atom stereocenters. The highest BCUT2D eigenvalue weighted by Crippen LogP contribution is 2.52. The van der Waals surface area contributed by atoms with Crippen molar-refractivity contribution in [1.29, 1.82) is 0 Å². The smallest absolute Gasteiger partial charge is 0.407 e. The van der Waals surface area contributed by atoms with E-state index in [4.69, 9.17) is 4.74 Å². The normalized spacial score (nSPS) is 22.9. The summed E-state index contributed by atoms with van der Waals surface area (Å²) in [6, 6.07) is 5.42. The Morgan fingerprint density at radius 2 is 1.86 bits per heavy atom. The molecule has 1 N–H and O–H groups in total. The topological polar surface area (TPSA) is 101 Å². The molecule has 1 amide bonds. The summed E-state index contributed by atoms with van der Waals surface area (Å²) in [5, 5.41) is 9.76. The Labute approximate surface area is 166 Å². The van der Waals surface area contributed by atoms with Gasteiger partial charge in [0, 0.05) is 6.54 Å². The fourth-order valence-corrected chi connectivity index (χ4v) is 4.94. The van der Waals surface area contributed by atoms with Crippen LogP contribution in [0.1, 0.15) is 59.1 Å². The molecule has 0 saturated carbocycles. The third-order valence-corrected chi connectivity index (χ3v) is 7.05. The predicted octanol–water partition coefficient (Wildman–Crippen LogP) is 3.64. The van der Waals surface area contributed by atoms with Crippen molar-refractivity contribution in [2.24, 2.45) is 5.41 Å². The maximum Gasteiger partial charge on any atom is 0.407 e. The third-order valence-electron chi connectivity index (χ3n) is 5.24. The standard InChI is InChI=1S/C20H29NO6S/c1-6-20(17(22)27-19(3,4)5)12-13-21(18(23)24)16(20)14-10-8-9-11-15(14)28(25,26)7-2/h8-11,16H,6-7,12-13H2,1-5H3,(H,23,24). The van der Waals surface area contributed by atoms with Gasteiger partial charge in [0.2, 0.25) is 0 Å². The van der Waals surface area contributed by atoms with E-state index in [9.17, 15) is 23.1 Å². The summed E-state index contributed by atoms with van der Waals surface area (Å²) in [6.45, 7) is 8.73. The van der Waals surface area contributed by atoms with E-state index in [-0.39, 0.29) is 23.6 Å². The maximum atomic E-state index is 13.2. The van der Waals surface area contributed by atoms with Crippen molar-refractivity contribution in [3.8, 4) is 0 Å². The minimum Gasteiger partial charge on any atom is -0.465 e. The van der Waals surface area contributed by atoms with Crippen LogP contribution in [-0.2, 0) is 19.4 Å². The summed E-state index contributed by atoms with van der Waals surface area (Å²) in [7, 11) is -3.61. The number of carboxylic acid groups (broad SMARTS) is 1. The van der Waals surface area contributed by atoms with E-state index in [0.29, 0.717) is 12.0 Å². The molecule has 28 heavy (non-hydrogen) atoms. The van der Waals surface area contributed by atoms with Crippen LogP contribution in [0.25, 0.3) is 0 Å². The molecule has 1 heterocycles. The summed E-state index contributed by atoms with van der Waals surface area (Å²) in [6.07, 6.45) is -0.584. The first-order valence-electron chi connectivity index (χ1n) is 9.44. The summed E-state index contributed by atoms with van der Waals surface area (Å²) in [5.41, 5.74) is -1.56. The van der Waals surface area contributed by atoms with Gasteiger partial charge in [-0.2, -0.15) is 0 Å². The molecule has 0 bridgehead atoms. The van der Waals surface area contributed by atoms with Gasteiger partial charge in [0.05, 0.1) is 22.1 Å². The van der Waals surface area contributed by atoms with Gasteiger partial charge in [-0.3, -0.25) is 4.79 Å². The highest BCUT2D eigenvalue weighted by atomic mass is 32.2. The number of likely N-dealkylation sites (tertiary alicyclic amines) is 1. The molecule has 2 unspecified atom stereocenters. The van der Waals surface area contributed by atoms with Crippen molar-refractivity contribution < 1.29 is 27.9 Å². The van der Waals surface area contributed by atoms with Crippen LogP contribution in [-0.4, -0.2) is 48.4 Å². The van der Waals surface area contributed by atoms with Crippen LogP contribution >= 0.6 is 0 Å².